The molecule has 0 amide bonds. The van der Waals surface area contributed by atoms with Gasteiger partial charge in [0, 0.05) is 12.8 Å². The maximum Gasteiger partial charge on any atom is 0.306 e. The molecule has 1 aliphatic heterocycles. The zero-order valence-corrected chi connectivity index (χ0v) is 47.1. The summed E-state index contributed by atoms with van der Waals surface area (Å²) in [4.78, 5) is 25.7. The Morgan fingerprint density at radius 1 is 0.458 bits per heavy atom. The second-order valence-electron chi connectivity index (χ2n) is 21.4. The largest absolute Gasteiger partial charge is 0.462 e. The standard InChI is InChI=1S/C59H112O12S/c1-3-5-7-9-11-13-15-17-19-21-23-25-26-28-29-31-33-35-37-39-41-43-45-47-54(60)68-49-52(50-69-59-58(64)57(63)56(62)53(71-59)51-72(65,66)67)70-55(61)48-46-44-42-40-38-36-34-32-30-27-24-22-20-18-16-14-12-10-8-6-4-2/h18,20,52-53,56-59,62-64H,3-17,19,21-51H2,1-2H3,(H,65,66,67)/b20-18+/t52-,53-,56-,57?,58?,59+/m1/s1. The summed E-state index contributed by atoms with van der Waals surface area (Å²) in [5.41, 5.74) is 0. The summed E-state index contributed by atoms with van der Waals surface area (Å²) in [5.74, 6) is -1.96. The average Bonchev–Trinajstić information content (AvgIpc) is 3.35. The van der Waals surface area contributed by atoms with Crippen molar-refractivity contribution in [2.24, 2.45) is 0 Å². The lowest BCUT2D eigenvalue weighted by Crippen LogP contribution is -2.60. The van der Waals surface area contributed by atoms with Gasteiger partial charge in [-0.05, 0) is 38.5 Å². The van der Waals surface area contributed by atoms with Gasteiger partial charge in [-0.3, -0.25) is 14.1 Å². The second-order valence-corrected chi connectivity index (χ2v) is 22.9. The first-order valence-corrected chi connectivity index (χ1v) is 31.9. The van der Waals surface area contributed by atoms with Gasteiger partial charge in [0.1, 0.15) is 36.8 Å². The van der Waals surface area contributed by atoms with Crippen LogP contribution in [0.25, 0.3) is 0 Å². The fourth-order valence-electron chi connectivity index (χ4n) is 9.68. The minimum Gasteiger partial charge on any atom is -0.462 e. The van der Waals surface area contributed by atoms with Crippen LogP contribution in [0.5, 0.6) is 0 Å². The van der Waals surface area contributed by atoms with E-state index in [0.717, 1.165) is 38.5 Å². The van der Waals surface area contributed by atoms with Crippen molar-refractivity contribution >= 4 is 22.1 Å². The molecule has 426 valence electrons. The minimum atomic E-state index is -4.61. The number of ether oxygens (including phenoxy) is 4. The van der Waals surface area contributed by atoms with Crippen LogP contribution in [0.2, 0.25) is 0 Å². The van der Waals surface area contributed by atoms with Crippen LogP contribution in [0.3, 0.4) is 0 Å². The highest BCUT2D eigenvalue weighted by Gasteiger charge is 2.46. The molecule has 1 fully saturated rings. The summed E-state index contributed by atoms with van der Waals surface area (Å²) in [7, 11) is -4.61. The Kier molecular flexibility index (Phi) is 46.5. The number of unbranched alkanes of at least 4 members (excludes halogenated alkanes) is 39. The van der Waals surface area contributed by atoms with Gasteiger partial charge in [-0.1, -0.05) is 257 Å². The van der Waals surface area contributed by atoms with Crippen molar-refractivity contribution in [2.75, 3.05) is 19.0 Å². The lowest BCUT2D eigenvalue weighted by molar-refractivity contribution is -0.297. The summed E-state index contributed by atoms with van der Waals surface area (Å²) >= 11 is 0. The normalized spacial score (nSPS) is 18.8. The van der Waals surface area contributed by atoms with E-state index in [4.69, 9.17) is 18.9 Å². The van der Waals surface area contributed by atoms with E-state index in [1.165, 1.54) is 218 Å². The molecule has 12 nitrogen and oxygen atoms in total. The first-order valence-electron chi connectivity index (χ1n) is 30.2. The van der Waals surface area contributed by atoms with Crippen molar-refractivity contribution < 1.29 is 56.8 Å². The van der Waals surface area contributed by atoms with Crippen LogP contribution >= 0.6 is 0 Å². The third-order valence-corrected chi connectivity index (χ3v) is 15.1. The van der Waals surface area contributed by atoms with Crippen LogP contribution < -0.4 is 0 Å². The lowest BCUT2D eigenvalue weighted by atomic mass is 10.00. The fourth-order valence-corrected chi connectivity index (χ4v) is 10.4. The quantitative estimate of drug-likeness (QED) is 0.0196. The van der Waals surface area contributed by atoms with Gasteiger partial charge in [0.25, 0.3) is 10.1 Å². The molecule has 2 unspecified atom stereocenters. The number of hydrogen-bond acceptors (Lipinski definition) is 11. The van der Waals surface area contributed by atoms with E-state index in [-0.39, 0.29) is 19.4 Å². The summed E-state index contributed by atoms with van der Waals surface area (Å²) in [6.45, 7) is 3.83. The van der Waals surface area contributed by atoms with Crippen molar-refractivity contribution in [1.29, 1.82) is 0 Å². The third-order valence-electron chi connectivity index (χ3n) is 14.3. The van der Waals surface area contributed by atoms with Crippen molar-refractivity contribution in [1.82, 2.24) is 0 Å². The number of aliphatic hydroxyl groups is 3. The zero-order valence-electron chi connectivity index (χ0n) is 46.3. The summed E-state index contributed by atoms with van der Waals surface area (Å²) in [6, 6.07) is 0. The number of carbonyl (C=O) groups excluding carboxylic acids is 2. The Labute approximate surface area is 441 Å². The highest BCUT2D eigenvalue weighted by molar-refractivity contribution is 7.85. The Morgan fingerprint density at radius 2 is 0.792 bits per heavy atom. The molecule has 0 aromatic rings. The van der Waals surface area contributed by atoms with Crippen LogP contribution in [-0.4, -0.2) is 96.0 Å². The molecule has 72 heavy (non-hydrogen) atoms. The Hall–Kier alpha value is -1.61. The van der Waals surface area contributed by atoms with Gasteiger partial charge in [0.15, 0.2) is 12.4 Å². The Morgan fingerprint density at radius 3 is 1.15 bits per heavy atom. The predicted molar refractivity (Wildman–Crippen MR) is 294 cm³/mol. The van der Waals surface area contributed by atoms with Crippen LogP contribution in [-0.2, 0) is 38.7 Å². The summed E-state index contributed by atoms with van der Waals surface area (Å²) in [6.07, 6.45) is 48.3. The molecule has 0 bridgehead atoms. The van der Waals surface area contributed by atoms with E-state index in [1.807, 2.05) is 0 Å². The predicted octanol–water partition coefficient (Wildman–Crippen LogP) is 14.9. The number of hydrogen-bond donors (Lipinski definition) is 4. The van der Waals surface area contributed by atoms with Crippen LogP contribution in [0.1, 0.15) is 296 Å². The minimum absolute atomic E-state index is 0.169. The van der Waals surface area contributed by atoms with E-state index in [2.05, 4.69) is 26.0 Å². The molecule has 6 atom stereocenters. The molecule has 1 heterocycles. The highest BCUT2D eigenvalue weighted by atomic mass is 32.2. The summed E-state index contributed by atoms with van der Waals surface area (Å²) in [5, 5.41) is 31.1. The van der Waals surface area contributed by atoms with Gasteiger partial charge < -0.3 is 34.3 Å². The van der Waals surface area contributed by atoms with Gasteiger partial charge in [-0.15, -0.1) is 0 Å². The summed E-state index contributed by atoms with van der Waals surface area (Å²) < 4.78 is 54.5. The Bertz CT molecular complexity index is 1360. The van der Waals surface area contributed by atoms with Gasteiger partial charge >= 0.3 is 11.9 Å². The van der Waals surface area contributed by atoms with Crippen LogP contribution in [0, 0.1) is 0 Å². The zero-order chi connectivity index (χ0) is 52.6. The maximum atomic E-state index is 12.9. The van der Waals surface area contributed by atoms with Crippen molar-refractivity contribution in [3.63, 3.8) is 0 Å². The van der Waals surface area contributed by atoms with Crippen molar-refractivity contribution in [2.45, 2.75) is 333 Å². The highest BCUT2D eigenvalue weighted by Crippen LogP contribution is 2.24. The van der Waals surface area contributed by atoms with E-state index in [1.54, 1.807) is 0 Å². The number of aliphatic hydroxyl groups excluding tert-OH is 3. The maximum absolute atomic E-state index is 12.9. The van der Waals surface area contributed by atoms with Gasteiger partial charge in [-0.2, -0.15) is 8.42 Å². The molecule has 0 spiro atoms. The topological polar surface area (TPSA) is 186 Å². The van der Waals surface area contributed by atoms with Gasteiger partial charge in [-0.25, -0.2) is 0 Å². The van der Waals surface area contributed by atoms with Gasteiger partial charge in [0.2, 0.25) is 0 Å². The van der Waals surface area contributed by atoms with Crippen molar-refractivity contribution in [3.8, 4) is 0 Å². The van der Waals surface area contributed by atoms with E-state index >= 15 is 0 Å². The molecule has 1 aliphatic rings. The van der Waals surface area contributed by atoms with Gasteiger partial charge in [0.05, 0.1) is 6.61 Å². The molecule has 0 aromatic heterocycles. The number of carbonyl (C=O) groups is 2. The molecule has 1 saturated heterocycles. The molecule has 4 N–H and O–H groups in total. The van der Waals surface area contributed by atoms with Crippen molar-refractivity contribution in [3.05, 3.63) is 12.2 Å². The number of rotatable bonds is 53. The molecule has 0 saturated carbocycles. The fraction of sp³-hybridized carbons (Fsp3) is 0.932. The first-order chi connectivity index (χ1) is 35.0. The molecule has 0 aromatic carbocycles. The molecule has 0 aliphatic carbocycles. The molecule has 0 radical (unpaired) electrons. The van der Waals surface area contributed by atoms with E-state index in [9.17, 15) is 37.9 Å². The molecule has 1 rings (SSSR count). The molecular formula is C59H112O12S. The average molecular weight is 1050 g/mol. The van der Waals surface area contributed by atoms with Crippen LogP contribution in [0.4, 0.5) is 0 Å². The number of allylic oxidation sites excluding steroid dienone is 2. The second kappa shape index (κ2) is 49.0. The molecule has 13 heteroatoms. The smallest absolute Gasteiger partial charge is 0.306 e. The van der Waals surface area contributed by atoms with E-state index < -0.39 is 71.2 Å². The van der Waals surface area contributed by atoms with Crippen LogP contribution in [0.15, 0.2) is 12.2 Å². The SMILES string of the molecule is CCCCCCCC/C=C/CCCCCCCCCCCCCC(=O)O[C@H](COC(=O)CCCCCCCCCCCCCCCCCCCCCCCCC)CO[C@H]1O[C@H](CS(=O)(=O)O)[C@@H](O)C(O)C1O. The monoisotopic (exact) mass is 1040 g/mol. The first kappa shape index (κ1) is 68.4. The molecular weight excluding hydrogens is 933 g/mol. The van der Waals surface area contributed by atoms with E-state index in [0.29, 0.717) is 12.8 Å². The number of esters is 2. The third kappa shape index (κ3) is 42.6. The Balaban J connectivity index is 2.27. The lowest BCUT2D eigenvalue weighted by Gasteiger charge is -2.40.